The van der Waals surface area contributed by atoms with E-state index in [1.807, 2.05) is 37.3 Å². The zero-order valence-electron chi connectivity index (χ0n) is 12.8. The monoisotopic (exact) mass is 307 g/mol. The lowest BCUT2D eigenvalue weighted by Gasteiger charge is -2.21. The van der Waals surface area contributed by atoms with Crippen molar-refractivity contribution < 1.29 is 9.59 Å². The summed E-state index contributed by atoms with van der Waals surface area (Å²) < 4.78 is 0. The van der Waals surface area contributed by atoms with Gasteiger partial charge in [-0.3, -0.25) is 9.59 Å². The lowest BCUT2D eigenvalue weighted by molar-refractivity contribution is -0.115. The minimum absolute atomic E-state index is 0.143. The van der Waals surface area contributed by atoms with Crippen LogP contribution in [0.3, 0.4) is 0 Å². The van der Waals surface area contributed by atoms with Gasteiger partial charge in [0.1, 0.15) is 6.42 Å². The van der Waals surface area contributed by atoms with E-state index in [1.54, 1.807) is 35.2 Å². The number of hydrogen-bond acceptors (Lipinski definition) is 3. The Labute approximate surface area is 135 Å². The van der Waals surface area contributed by atoms with E-state index in [1.165, 1.54) is 0 Å². The zero-order valence-corrected chi connectivity index (χ0v) is 12.8. The molecule has 0 aliphatic rings. The molecule has 2 amide bonds. The second kappa shape index (κ2) is 7.76. The summed E-state index contributed by atoms with van der Waals surface area (Å²) in [6, 6.07) is 17.9. The summed E-state index contributed by atoms with van der Waals surface area (Å²) in [4.78, 5) is 25.8. The molecule has 5 heteroatoms. The number of hydrogen-bond donors (Lipinski definition) is 1. The summed E-state index contributed by atoms with van der Waals surface area (Å²) in [6.45, 7) is 2.44. The molecule has 0 heterocycles. The largest absolute Gasteiger partial charge is 0.325 e. The number of nitrogens with zero attached hydrogens (tertiary/aromatic N) is 2. The van der Waals surface area contributed by atoms with Crippen molar-refractivity contribution in [1.82, 2.24) is 0 Å². The Hall–Kier alpha value is -3.13. The molecule has 23 heavy (non-hydrogen) atoms. The number of anilines is 2. The predicted octanol–water partition coefficient (Wildman–Crippen LogP) is 3.21. The van der Waals surface area contributed by atoms with Crippen LogP contribution in [0.25, 0.3) is 0 Å². The third kappa shape index (κ3) is 4.17. The molecule has 2 aromatic carbocycles. The third-order valence-corrected chi connectivity index (χ3v) is 3.26. The normalized spacial score (nSPS) is 9.74. The van der Waals surface area contributed by atoms with E-state index in [9.17, 15) is 9.59 Å². The summed E-state index contributed by atoms with van der Waals surface area (Å²) in [5, 5.41) is 11.1. The van der Waals surface area contributed by atoms with Crippen molar-refractivity contribution >= 4 is 23.2 Å². The Bertz CT molecular complexity index is 735. The van der Waals surface area contributed by atoms with E-state index < -0.39 is 5.91 Å². The second-order valence-corrected chi connectivity index (χ2v) is 4.85. The minimum atomic E-state index is -0.396. The van der Waals surface area contributed by atoms with Crippen LogP contribution in [0.1, 0.15) is 23.7 Å². The van der Waals surface area contributed by atoms with Gasteiger partial charge in [-0.05, 0) is 37.3 Å². The smallest absolute Gasteiger partial charge is 0.258 e. The molecule has 2 rings (SSSR count). The van der Waals surface area contributed by atoms with Crippen LogP contribution in [0.2, 0.25) is 0 Å². The van der Waals surface area contributed by atoms with Crippen LogP contribution in [0, 0.1) is 11.3 Å². The molecule has 5 nitrogen and oxygen atoms in total. The first kappa shape index (κ1) is 16.2. The topological polar surface area (TPSA) is 73.2 Å². The SMILES string of the molecule is CCN(C(=O)c1cccc(NC(=O)CC#N)c1)c1ccccc1. The number of nitriles is 1. The molecule has 0 spiro atoms. The van der Waals surface area contributed by atoms with Gasteiger partial charge < -0.3 is 10.2 Å². The number of carbonyl (C=O) groups is 2. The maximum absolute atomic E-state index is 12.7. The van der Waals surface area contributed by atoms with Gasteiger partial charge >= 0.3 is 0 Å². The fourth-order valence-electron chi connectivity index (χ4n) is 2.21. The van der Waals surface area contributed by atoms with Crippen LogP contribution in [-0.4, -0.2) is 18.4 Å². The fourth-order valence-corrected chi connectivity index (χ4v) is 2.21. The van der Waals surface area contributed by atoms with Gasteiger partial charge in [-0.25, -0.2) is 0 Å². The van der Waals surface area contributed by atoms with Crippen LogP contribution in [-0.2, 0) is 4.79 Å². The highest BCUT2D eigenvalue weighted by atomic mass is 16.2. The van der Waals surface area contributed by atoms with Gasteiger partial charge in [0.05, 0.1) is 6.07 Å². The van der Waals surface area contributed by atoms with Crippen LogP contribution >= 0.6 is 0 Å². The molecule has 0 atom stereocenters. The molecule has 0 fully saturated rings. The van der Waals surface area contributed by atoms with Crippen LogP contribution < -0.4 is 10.2 Å². The first-order chi connectivity index (χ1) is 11.2. The van der Waals surface area contributed by atoms with Crippen molar-refractivity contribution in [3.8, 4) is 6.07 Å². The van der Waals surface area contributed by atoms with E-state index in [0.717, 1.165) is 5.69 Å². The molecule has 0 aromatic heterocycles. The van der Waals surface area contributed by atoms with Gasteiger partial charge in [0.25, 0.3) is 5.91 Å². The number of nitrogens with one attached hydrogen (secondary N) is 1. The second-order valence-electron chi connectivity index (χ2n) is 4.85. The standard InChI is InChI=1S/C18H17N3O2/c1-2-21(16-9-4-3-5-10-16)18(23)14-7-6-8-15(13-14)20-17(22)11-12-19/h3-10,13H,2,11H2,1H3,(H,20,22). The van der Waals surface area contributed by atoms with Crippen LogP contribution in [0.4, 0.5) is 11.4 Å². The summed E-state index contributed by atoms with van der Waals surface area (Å²) in [7, 11) is 0. The van der Waals surface area contributed by atoms with Crippen molar-refractivity contribution in [2.24, 2.45) is 0 Å². The van der Waals surface area contributed by atoms with Crippen LogP contribution in [0.5, 0.6) is 0 Å². The molecule has 0 aliphatic carbocycles. The zero-order chi connectivity index (χ0) is 16.7. The molecule has 0 saturated carbocycles. The molecular formula is C18H17N3O2. The Morgan fingerprint density at radius 3 is 2.52 bits per heavy atom. The van der Waals surface area contributed by atoms with Gasteiger partial charge in [-0.15, -0.1) is 0 Å². The lowest BCUT2D eigenvalue weighted by Crippen LogP contribution is -2.30. The van der Waals surface area contributed by atoms with Crippen molar-refractivity contribution in [2.75, 3.05) is 16.8 Å². The molecule has 0 aliphatic heterocycles. The molecular weight excluding hydrogens is 290 g/mol. The maximum Gasteiger partial charge on any atom is 0.258 e. The van der Waals surface area contributed by atoms with E-state index >= 15 is 0 Å². The Balaban J connectivity index is 2.22. The van der Waals surface area contributed by atoms with E-state index in [2.05, 4.69) is 5.32 Å². The van der Waals surface area contributed by atoms with Crippen molar-refractivity contribution in [2.45, 2.75) is 13.3 Å². The van der Waals surface area contributed by atoms with E-state index in [0.29, 0.717) is 17.8 Å². The van der Waals surface area contributed by atoms with Gasteiger partial charge in [0, 0.05) is 23.5 Å². The lowest BCUT2D eigenvalue weighted by atomic mass is 10.1. The van der Waals surface area contributed by atoms with Crippen molar-refractivity contribution in [3.63, 3.8) is 0 Å². The summed E-state index contributed by atoms with van der Waals surface area (Å²) in [5.74, 6) is -0.539. The quantitative estimate of drug-likeness (QED) is 0.921. The fraction of sp³-hybridized carbons (Fsp3) is 0.167. The Kier molecular flexibility index (Phi) is 5.48. The number of benzene rings is 2. The predicted molar refractivity (Wildman–Crippen MR) is 89.1 cm³/mol. The first-order valence-corrected chi connectivity index (χ1v) is 7.29. The molecule has 1 N–H and O–H groups in total. The summed E-state index contributed by atoms with van der Waals surface area (Å²) >= 11 is 0. The molecule has 0 saturated heterocycles. The molecule has 0 radical (unpaired) electrons. The van der Waals surface area contributed by atoms with Gasteiger partial charge in [-0.1, -0.05) is 24.3 Å². The average Bonchev–Trinajstić information content (AvgIpc) is 2.57. The summed E-state index contributed by atoms with van der Waals surface area (Å²) in [5.41, 5.74) is 1.80. The maximum atomic E-state index is 12.7. The highest BCUT2D eigenvalue weighted by molar-refractivity contribution is 6.07. The average molecular weight is 307 g/mol. The third-order valence-electron chi connectivity index (χ3n) is 3.26. The molecule has 2 aromatic rings. The number of amides is 2. The van der Waals surface area contributed by atoms with Gasteiger partial charge in [0.15, 0.2) is 0 Å². The Morgan fingerprint density at radius 1 is 1.13 bits per heavy atom. The van der Waals surface area contributed by atoms with Crippen molar-refractivity contribution in [3.05, 3.63) is 60.2 Å². The van der Waals surface area contributed by atoms with Crippen molar-refractivity contribution in [1.29, 1.82) is 5.26 Å². The highest BCUT2D eigenvalue weighted by Crippen LogP contribution is 2.18. The van der Waals surface area contributed by atoms with Crippen LogP contribution in [0.15, 0.2) is 54.6 Å². The molecule has 0 bridgehead atoms. The summed E-state index contributed by atoms with van der Waals surface area (Å²) in [6.07, 6.45) is -0.219. The number of para-hydroxylation sites is 1. The van der Waals surface area contributed by atoms with Gasteiger partial charge in [-0.2, -0.15) is 5.26 Å². The molecule has 116 valence electrons. The Morgan fingerprint density at radius 2 is 1.87 bits per heavy atom. The molecule has 0 unspecified atom stereocenters. The highest BCUT2D eigenvalue weighted by Gasteiger charge is 2.16. The number of carbonyl (C=O) groups excluding carboxylic acids is 2. The first-order valence-electron chi connectivity index (χ1n) is 7.29. The van der Waals surface area contributed by atoms with E-state index in [4.69, 9.17) is 5.26 Å². The van der Waals surface area contributed by atoms with E-state index in [-0.39, 0.29) is 12.3 Å². The van der Waals surface area contributed by atoms with Gasteiger partial charge in [0.2, 0.25) is 5.91 Å². The minimum Gasteiger partial charge on any atom is -0.325 e. The number of rotatable bonds is 5.